The Bertz CT molecular complexity index is 555. The predicted octanol–water partition coefficient (Wildman–Crippen LogP) is 0.957. The van der Waals surface area contributed by atoms with E-state index in [1.807, 2.05) is 32.9 Å². The monoisotopic (exact) mass is 285 g/mol. The Balaban J connectivity index is 2.84. The van der Waals surface area contributed by atoms with Gasteiger partial charge in [-0.05, 0) is 31.9 Å². The van der Waals surface area contributed by atoms with Crippen LogP contribution < -0.4 is 5.32 Å². The molecule has 1 aromatic carbocycles. The van der Waals surface area contributed by atoms with Gasteiger partial charge in [0.25, 0.3) is 0 Å². The van der Waals surface area contributed by atoms with E-state index >= 15 is 0 Å². The Hall–Kier alpha value is -1.40. The molecule has 1 rings (SSSR count). The molecule has 19 heavy (non-hydrogen) atoms. The summed E-state index contributed by atoms with van der Waals surface area (Å²) in [6.07, 6.45) is 0. The number of anilines is 1. The van der Waals surface area contributed by atoms with Crippen molar-refractivity contribution in [2.45, 2.75) is 20.8 Å². The number of carbonyl (C=O) groups excluding carboxylic acids is 1. The van der Waals surface area contributed by atoms with Gasteiger partial charge in [-0.2, -0.15) is 0 Å². The highest BCUT2D eigenvalue weighted by Gasteiger charge is 2.17. The number of rotatable bonds is 5. The number of nitrogens with one attached hydrogen (secondary N) is 1. The Morgan fingerprint density at radius 1 is 1.21 bits per heavy atom. The Labute approximate surface area is 113 Å². The third kappa shape index (κ3) is 4.65. The van der Waals surface area contributed by atoms with E-state index in [9.17, 15) is 13.2 Å². The smallest absolute Gasteiger partial charge is 0.239 e. The summed E-state index contributed by atoms with van der Waals surface area (Å²) in [6, 6.07) is 3.84. The van der Waals surface area contributed by atoms with E-state index in [0.717, 1.165) is 16.7 Å². The summed E-state index contributed by atoms with van der Waals surface area (Å²) in [7, 11) is -3.55. The lowest BCUT2D eigenvalue weighted by Crippen LogP contribution is -2.26. The number of aliphatic hydroxyl groups is 1. The summed E-state index contributed by atoms with van der Waals surface area (Å²) in [5.74, 6) is -1.59. The maximum atomic E-state index is 11.7. The van der Waals surface area contributed by atoms with Gasteiger partial charge in [-0.3, -0.25) is 4.79 Å². The fourth-order valence-corrected chi connectivity index (χ4v) is 2.86. The Morgan fingerprint density at radius 2 is 1.74 bits per heavy atom. The van der Waals surface area contributed by atoms with Gasteiger partial charge in [0.15, 0.2) is 9.84 Å². The molecular formula is C13H19NO4S. The minimum atomic E-state index is -3.55. The first-order valence-electron chi connectivity index (χ1n) is 5.94. The van der Waals surface area contributed by atoms with Crippen LogP contribution in [-0.2, 0) is 14.6 Å². The normalized spacial score (nSPS) is 11.4. The predicted molar refractivity (Wildman–Crippen MR) is 75.0 cm³/mol. The summed E-state index contributed by atoms with van der Waals surface area (Å²) in [4.78, 5) is 11.7. The molecule has 5 nitrogen and oxygen atoms in total. The number of aliphatic hydroxyl groups excluding tert-OH is 1. The van der Waals surface area contributed by atoms with Gasteiger partial charge in [-0.1, -0.05) is 17.7 Å². The Morgan fingerprint density at radius 3 is 2.21 bits per heavy atom. The number of sulfone groups is 1. The van der Waals surface area contributed by atoms with Crippen LogP contribution >= 0.6 is 0 Å². The standard InChI is InChI=1S/C13H19NO4S/c1-9-6-10(2)13(11(3)7-9)14-12(16)8-19(17,18)5-4-15/h6-7,15H,4-5,8H2,1-3H3,(H,14,16). The fraction of sp³-hybridized carbons (Fsp3) is 0.462. The quantitative estimate of drug-likeness (QED) is 0.844. The van der Waals surface area contributed by atoms with Crippen LogP contribution in [0.4, 0.5) is 5.69 Å². The molecule has 0 aliphatic heterocycles. The van der Waals surface area contributed by atoms with Crippen LogP contribution in [0.3, 0.4) is 0 Å². The van der Waals surface area contributed by atoms with Crippen molar-refractivity contribution in [3.63, 3.8) is 0 Å². The number of carbonyl (C=O) groups is 1. The highest BCUT2D eigenvalue weighted by molar-refractivity contribution is 7.92. The third-order valence-electron chi connectivity index (χ3n) is 2.69. The van der Waals surface area contributed by atoms with E-state index in [1.165, 1.54) is 0 Å². The van der Waals surface area contributed by atoms with Crippen molar-refractivity contribution in [3.05, 3.63) is 28.8 Å². The summed E-state index contributed by atoms with van der Waals surface area (Å²) in [6.45, 7) is 5.20. The fourth-order valence-electron chi connectivity index (χ4n) is 1.96. The average molecular weight is 285 g/mol. The molecule has 0 saturated carbocycles. The van der Waals surface area contributed by atoms with E-state index in [-0.39, 0.29) is 0 Å². The zero-order valence-electron chi connectivity index (χ0n) is 11.4. The largest absolute Gasteiger partial charge is 0.395 e. The molecule has 1 aromatic rings. The zero-order chi connectivity index (χ0) is 14.6. The minimum absolute atomic E-state index is 0.397. The topological polar surface area (TPSA) is 83.5 Å². The highest BCUT2D eigenvalue weighted by atomic mass is 32.2. The minimum Gasteiger partial charge on any atom is -0.395 e. The highest BCUT2D eigenvalue weighted by Crippen LogP contribution is 2.21. The second-order valence-electron chi connectivity index (χ2n) is 4.64. The molecule has 0 atom stereocenters. The second kappa shape index (κ2) is 6.16. The molecule has 0 spiro atoms. The first-order valence-corrected chi connectivity index (χ1v) is 7.76. The number of amides is 1. The van der Waals surface area contributed by atoms with Crippen molar-refractivity contribution in [1.82, 2.24) is 0 Å². The number of aryl methyl sites for hydroxylation is 3. The molecule has 0 fully saturated rings. The van der Waals surface area contributed by atoms with Crippen LogP contribution in [0, 0.1) is 20.8 Å². The molecule has 0 saturated heterocycles. The van der Waals surface area contributed by atoms with Gasteiger partial charge in [0.05, 0.1) is 12.4 Å². The summed E-state index contributed by atoms with van der Waals surface area (Å²) < 4.78 is 22.9. The van der Waals surface area contributed by atoms with Crippen LogP contribution in [-0.4, -0.2) is 37.5 Å². The third-order valence-corrected chi connectivity index (χ3v) is 4.20. The van der Waals surface area contributed by atoms with Crippen LogP contribution in [0.15, 0.2) is 12.1 Å². The van der Waals surface area contributed by atoms with E-state index in [4.69, 9.17) is 5.11 Å². The lowest BCUT2D eigenvalue weighted by atomic mass is 10.1. The van der Waals surface area contributed by atoms with Crippen LogP contribution in [0.25, 0.3) is 0 Å². The van der Waals surface area contributed by atoms with E-state index in [0.29, 0.717) is 5.69 Å². The van der Waals surface area contributed by atoms with Crippen molar-refractivity contribution < 1.29 is 18.3 Å². The summed E-state index contributed by atoms with van der Waals surface area (Å²) in [5, 5.41) is 11.2. The molecular weight excluding hydrogens is 266 g/mol. The molecule has 0 aliphatic rings. The molecule has 2 N–H and O–H groups in total. The van der Waals surface area contributed by atoms with Crippen molar-refractivity contribution in [2.24, 2.45) is 0 Å². The molecule has 1 amide bonds. The zero-order valence-corrected chi connectivity index (χ0v) is 12.2. The summed E-state index contributed by atoms with van der Waals surface area (Å²) >= 11 is 0. The molecule has 6 heteroatoms. The van der Waals surface area contributed by atoms with Crippen molar-refractivity contribution in [3.8, 4) is 0 Å². The summed E-state index contributed by atoms with van der Waals surface area (Å²) in [5.41, 5.74) is 3.52. The first kappa shape index (κ1) is 15.7. The number of hydrogen-bond donors (Lipinski definition) is 2. The van der Waals surface area contributed by atoms with Gasteiger partial charge < -0.3 is 10.4 Å². The van der Waals surface area contributed by atoms with Crippen molar-refractivity contribution >= 4 is 21.4 Å². The van der Waals surface area contributed by atoms with Gasteiger partial charge in [-0.15, -0.1) is 0 Å². The number of benzene rings is 1. The first-order chi connectivity index (χ1) is 8.75. The van der Waals surface area contributed by atoms with Crippen LogP contribution in [0.5, 0.6) is 0 Å². The van der Waals surface area contributed by atoms with Crippen molar-refractivity contribution in [2.75, 3.05) is 23.4 Å². The number of hydrogen-bond acceptors (Lipinski definition) is 4. The van der Waals surface area contributed by atoms with Gasteiger partial charge >= 0.3 is 0 Å². The molecule has 0 bridgehead atoms. The lowest BCUT2D eigenvalue weighted by Gasteiger charge is -2.12. The van der Waals surface area contributed by atoms with Crippen LogP contribution in [0.2, 0.25) is 0 Å². The molecule has 106 valence electrons. The second-order valence-corrected chi connectivity index (χ2v) is 6.82. The molecule has 0 aliphatic carbocycles. The van der Waals surface area contributed by atoms with Gasteiger partial charge in [-0.25, -0.2) is 8.42 Å². The van der Waals surface area contributed by atoms with E-state index in [1.54, 1.807) is 0 Å². The molecule has 0 unspecified atom stereocenters. The maximum Gasteiger partial charge on any atom is 0.239 e. The Kier molecular flexibility index (Phi) is 5.08. The lowest BCUT2D eigenvalue weighted by molar-refractivity contribution is -0.113. The van der Waals surface area contributed by atoms with Crippen LogP contribution in [0.1, 0.15) is 16.7 Å². The van der Waals surface area contributed by atoms with E-state index in [2.05, 4.69) is 5.32 Å². The van der Waals surface area contributed by atoms with Crippen molar-refractivity contribution in [1.29, 1.82) is 0 Å². The molecule has 0 radical (unpaired) electrons. The molecule has 0 aromatic heterocycles. The maximum absolute atomic E-state index is 11.7. The van der Waals surface area contributed by atoms with E-state index < -0.39 is 33.9 Å². The SMILES string of the molecule is Cc1cc(C)c(NC(=O)CS(=O)(=O)CCO)c(C)c1. The van der Waals surface area contributed by atoms with Gasteiger partial charge in [0, 0.05) is 5.69 Å². The molecule has 0 heterocycles. The van der Waals surface area contributed by atoms with Gasteiger partial charge in [0.2, 0.25) is 5.91 Å². The average Bonchev–Trinajstić information content (AvgIpc) is 2.22. The van der Waals surface area contributed by atoms with Gasteiger partial charge in [0.1, 0.15) is 5.75 Å².